The van der Waals surface area contributed by atoms with Crippen LogP contribution in [0.1, 0.15) is 50.4 Å². The Morgan fingerprint density at radius 3 is 2.29 bits per heavy atom. The Kier molecular flexibility index (Phi) is 4.20. The molecule has 0 amide bonds. The van der Waals surface area contributed by atoms with Crippen molar-refractivity contribution in [2.45, 2.75) is 26.2 Å². The van der Waals surface area contributed by atoms with Gasteiger partial charge in [0.2, 0.25) is 0 Å². The van der Waals surface area contributed by atoms with Crippen LogP contribution in [0, 0.1) is 13.8 Å². The smallest absolute Gasteiger partial charge is 0.0367 e. The molecule has 0 aliphatic heterocycles. The average Bonchev–Trinajstić information content (AvgIpc) is 3.45. The molecule has 0 saturated heterocycles. The maximum absolute atomic E-state index is 2.45. The summed E-state index contributed by atoms with van der Waals surface area (Å²) in [5.74, 6) is 0.225. The van der Waals surface area contributed by atoms with Crippen LogP contribution in [0.4, 0.5) is 0 Å². The zero-order valence-corrected chi connectivity index (χ0v) is 19.6. The number of allylic oxidation sites excluding steroid dienone is 1. The molecule has 5 aromatic rings. The number of aryl methyl sites for hydroxylation is 2. The molecule has 0 aromatic heterocycles. The Labute approximate surface area is 201 Å². The summed E-state index contributed by atoms with van der Waals surface area (Å²) in [4.78, 5) is 0. The fourth-order valence-electron chi connectivity index (χ4n) is 6.43. The monoisotopic (exact) mass is 434 g/mol. The number of fused-ring (bicyclic) bond motifs is 5. The van der Waals surface area contributed by atoms with Crippen LogP contribution in [0.25, 0.3) is 27.5 Å². The van der Waals surface area contributed by atoms with Crippen molar-refractivity contribution in [1.82, 2.24) is 0 Å². The third-order valence-electron chi connectivity index (χ3n) is 7.88. The van der Waals surface area contributed by atoms with Gasteiger partial charge in [0.05, 0.1) is 0 Å². The van der Waals surface area contributed by atoms with E-state index in [1.165, 1.54) is 72.0 Å². The van der Waals surface area contributed by atoms with Crippen LogP contribution >= 0.6 is 0 Å². The van der Waals surface area contributed by atoms with Crippen molar-refractivity contribution in [2.24, 2.45) is 0 Å². The molecule has 0 bridgehead atoms. The lowest BCUT2D eigenvalue weighted by atomic mass is 9.79. The number of benzene rings is 5. The van der Waals surface area contributed by atoms with Crippen molar-refractivity contribution in [3.63, 3.8) is 0 Å². The van der Waals surface area contributed by atoms with Crippen LogP contribution in [-0.4, -0.2) is 0 Å². The van der Waals surface area contributed by atoms with Crippen molar-refractivity contribution >= 4 is 16.3 Å². The SMILES string of the molecule is Cc1cccc2c1C(c1ccc3ccccc3c1C1c3ccccc3-c3cccc(C)c31)=CC2. The zero-order chi connectivity index (χ0) is 22.8. The van der Waals surface area contributed by atoms with Gasteiger partial charge in [-0.2, -0.15) is 0 Å². The molecular weight excluding hydrogens is 408 g/mol. The molecule has 1 unspecified atom stereocenters. The van der Waals surface area contributed by atoms with E-state index in [9.17, 15) is 0 Å². The van der Waals surface area contributed by atoms with Gasteiger partial charge in [0.1, 0.15) is 0 Å². The normalized spacial score (nSPS) is 15.7. The first-order valence-electron chi connectivity index (χ1n) is 12.2. The molecule has 0 spiro atoms. The van der Waals surface area contributed by atoms with Crippen molar-refractivity contribution in [3.8, 4) is 11.1 Å². The summed E-state index contributed by atoms with van der Waals surface area (Å²) < 4.78 is 0. The van der Waals surface area contributed by atoms with Gasteiger partial charge in [-0.25, -0.2) is 0 Å². The Bertz CT molecular complexity index is 1650. The second-order valence-electron chi connectivity index (χ2n) is 9.74. The number of hydrogen-bond acceptors (Lipinski definition) is 0. The van der Waals surface area contributed by atoms with Gasteiger partial charge >= 0.3 is 0 Å². The van der Waals surface area contributed by atoms with E-state index in [4.69, 9.17) is 0 Å². The van der Waals surface area contributed by atoms with Gasteiger partial charge in [0.25, 0.3) is 0 Å². The lowest BCUT2D eigenvalue weighted by Crippen LogP contribution is -2.07. The Morgan fingerprint density at radius 2 is 1.35 bits per heavy atom. The zero-order valence-electron chi connectivity index (χ0n) is 19.6. The van der Waals surface area contributed by atoms with E-state index in [1.54, 1.807) is 0 Å². The van der Waals surface area contributed by atoms with E-state index in [0.29, 0.717) is 0 Å². The minimum absolute atomic E-state index is 0.225. The first-order chi connectivity index (χ1) is 16.7. The lowest BCUT2D eigenvalue weighted by Gasteiger charge is -2.24. The van der Waals surface area contributed by atoms with Crippen LogP contribution < -0.4 is 0 Å². The summed E-state index contributed by atoms with van der Waals surface area (Å²) in [6, 6.07) is 36.1. The molecule has 0 N–H and O–H groups in total. The molecule has 5 aromatic carbocycles. The highest BCUT2D eigenvalue weighted by Crippen LogP contribution is 2.53. The Hall–Kier alpha value is -3.90. The molecular formula is C34H26. The Morgan fingerprint density at radius 1 is 0.588 bits per heavy atom. The van der Waals surface area contributed by atoms with Gasteiger partial charge in [-0.05, 0) is 92.2 Å². The highest BCUT2D eigenvalue weighted by Gasteiger charge is 2.34. The van der Waals surface area contributed by atoms with Crippen LogP contribution in [0.2, 0.25) is 0 Å². The van der Waals surface area contributed by atoms with E-state index in [2.05, 4.69) is 117 Å². The third kappa shape index (κ3) is 2.66. The van der Waals surface area contributed by atoms with Crippen molar-refractivity contribution < 1.29 is 0 Å². The molecule has 1 atom stereocenters. The molecule has 162 valence electrons. The highest BCUT2D eigenvalue weighted by atomic mass is 14.4. The standard InChI is InChI=1S/C34H26/c1-21-9-7-12-24-18-20-29(31(21)24)30-19-17-23-11-3-4-13-25(23)33(30)34-28-15-6-5-14-26(28)27-16-8-10-22(2)32(27)34/h3-17,19-20,34H,18H2,1-2H3. The summed E-state index contributed by atoms with van der Waals surface area (Å²) in [5, 5.41) is 2.67. The molecule has 0 heterocycles. The van der Waals surface area contributed by atoms with Gasteiger partial charge in [-0.3, -0.25) is 0 Å². The van der Waals surface area contributed by atoms with E-state index in [1.807, 2.05) is 0 Å². The lowest BCUT2D eigenvalue weighted by molar-refractivity contribution is 1.01. The van der Waals surface area contributed by atoms with Gasteiger partial charge in [0.15, 0.2) is 0 Å². The van der Waals surface area contributed by atoms with E-state index in [-0.39, 0.29) is 5.92 Å². The Balaban J connectivity index is 1.59. The predicted molar refractivity (Wildman–Crippen MR) is 143 cm³/mol. The quantitative estimate of drug-likeness (QED) is 0.256. The molecule has 7 rings (SSSR count). The summed E-state index contributed by atoms with van der Waals surface area (Å²) >= 11 is 0. The van der Waals surface area contributed by atoms with Gasteiger partial charge in [-0.1, -0.05) is 103 Å². The predicted octanol–water partition coefficient (Wildman–Crippen LogP) is 8.61. The van der Waals surface area contributed by atoms with Gasteiger partial charge in [0, 0.05) is 5.92 Å². The summed E-state index contributed by atoms with van der Waals surface area (Å²) in [7, 11) is 0. The minimum atomic E-state index is 0.225. The molecule has 34 heavy (non-hydrogen) atoms. The fraction of sp³-hybridized carbons (Fsp3) is 0.118. The molecule has 0 nitrogen and oxygen atoms in total. The van der Waals surface area contributed by atoms with E-state index < -0.39 is 0 Å². The van der Waals surface area contributed by atoms with Crippen molar-refractivity contribution in [2.75, 3.05) is 0 Å². The van der Waals surface area contributed by atoms with Crippen molar-refractivity contribution in [1.29, 1.82) is 0 Å². The molecule has 0 fully saturated rings. The maximum atomic E-state index is 2.45. The van der Waals surface area contributed by atoms with Crippen LogP contribution in [0.5, 0.6) is 0 Å². The molecule has 2 aliphatic carbocycles. The number of hydrogen-bond donors (Lipinski definition) is 0. The average molecular weight is 435 g/mol. The number of rotatable bonds is 2. The molecule has 0 radical (unpaired) electrons. The highest BCUT2D eigenvalue weighted by molar-refractivity contribution is 5.98. The van der Waals surface area contributed by atoms with Crippen LogP contribution in [-0.2, 0) is 6.42 Å². The molecule has 0 heteroatoms. The topological polar surface area (TPSA) is 0 Å². The second-order valence-corrected chi connectivity index (χ2v) is 9.74. The van der Waals surface area contributed by atoms with Crippen molar-refractivity contribution in [3.05, 3.63) is 148 Å². The summed E-state index contributed by atoms with van der Waals surface area (Å²) in [5.41, 5.74) is 15.5. The fourth-order valence-corrected chi connectivity index (χ4v) is 6.43. The minimum Gasteiger partial charge on any atom is -0.0716 e. The maximum Gasteiger partial charge on any atom is 0.0367 e. The van der Waals surface area contributed by atoms with Crippen LogP contribution in [0.15, 0.2) is 103 Å². The van der Waals surface area contributed by atoms with E-state index in [0.717, 1.165) is 6.42 Å². The second kappa shape index (κ2) is 7.30. The molecule has 2 aliphatic rings. The first kappa shape index (κ1) is 19.6. The third-order valence-corrected chi connectivity index (χ3v) is 7.88. The summed E-state index contributed by atoms with van der Waals surface area (Å²) in [6.07, 6.45) is 3.46. The van der Waals surface area contributed by atoms with Crippen LogP contribution in [0.3, 0.4) is 0 Å². The van der Waals surface area contributed by atoms with Gasteiger partial charge in [-0.15, -0.1) is 0 Å². The van der Waals surface area contributed by atoms with E-state index >= 15 is 0 Å². The summed E-state index contributed by atoms with van der Waals surface area (Å²) in [6.45, 7) is 4.53. The van der Waals surface area contributed by atoms with Gasteiger partial charge < -0.3 is 0 Å². The molecule has 0 saturated carbocycles. The first-order valence-corrected chi connectivity index (χ1v) is 12.2. The largest absolute Gasteiger partial charge is 0.0716 e.